The molecule has 1 unspecified atom stereocenters. The highest BCUT2D eigenvalue weighted by Crippen LogP contribution is 2.56. The quantitative estimate of drug-likeness (QED) is 0.199. The second kappa shape index (κ2) is 10.4. The first-order valence-corrected chi connectivity index (χ1v) is 16.6. The van der Waals surface area contributed by atoms with Crippen molar-refractivity contribution in [1.29, 1.82) is 0 Å². The van der Waals surface area contributed by atoms with E-state index in [1.54, 1.807) is 0 Å². The molecule has 0 saturated carbocycles. The molecule has 1 atom stereocenters. The van der Waals surface area contributed by atoms with Crippen LogP contribution in [0.3, 0.4) is 0 Å². The molecule has 0 spiro atoms. The van der Waals surface area contributed by atoms with Gasteiger partial charge < -0.3 is 10.1 Å². The van der Waals surface area contributed by atoms with Crippen LogP contribution in [0.2, 0.25) is 0 Å². The first-order valence-electron chi connectivity index (χ1n) is 16.6. The van der Waals surface area contributed by atoms with Gasteiger partial charge in [0.1, 0.15) is 0 Å². The standard InChI is InChI=1S/C46H31NO/c1-4-12-31(13-5-1)45-47-42-27-24-30-20-21-34-28-32(22-25-37(34)43(30)44(42)48-45)33-23-26-39-38-18-10-11-19-40(38)46(41(39)29-33,35-14-6-2-7-15-35)36-16-8-3-9-17-36/h1-29,45,47H. The fourth-order valence-electron chi connectivity index (χ4n) is 8.23. The Morgan fingerprint density at radius 3 is 1.85 bits per heavy atom. The Balaban J connectivity index is 1.14. The molecule has 1 aliphatic heterocycles. The molecule has 2 nitrogen and oxygen atoms in total. The molecule has 10 rings (SSSR count). The van der Waals surface area contributed by atoms with Crippen LogP contribution in [0.15, 0.2) is 176 Å². The SMILES string of the molecule is c1ccc(C2Nc3ccc4ccc5cc(-c6ccc7c(c6)C(c6ccccc6)(c6ccccc6)c6ccccc6-7)ccc5c4c3O2)cc1. The monoisotopic (exact) mass is 613 g/mol. The van der Waals surface area contributed by atoms with Crippen LogP contribution < -0.4 is 10.1 Å². The maximum atomic E-state index is 6.61. The summed E-state index contributed by atoms with van der Waals surface area (Å²) in [5.41, 5.74) is 11.9. The van der Waals surface area contributed by atoms with E-state index in [0.29, 0.717) is 0 Å². The molecule has 1 N–H and O–H groups in total. The van der Waals surface area contributed by atoms with Gasteiger partial charge in [-0.15, -0.1) is 0 Å². The topological polar surface area (TPSA) is 21.3 Å². The molecular formula is C46H31NO. The zero-order chi connectivity index (χ0) is 31.7. The van der Waals surface area contributed by atoms with E-state index in [4.69, 9.17) is 4.74 Å². The van der Waals surface area contributed by atoms with Gasteiger partial charge in [0.05, 0.1) is 11.1 Å². The van der Waals surface area contributed by atoms with Crippen molar-refractivity contribution in [1.82, 2.24) is 0 Å². The van der Waals surface area contributed by atoms with Crippen LogP contribution in [-0.4, -0.2) is 0 Å². The lowest BCUT2D eigenvalue weighted by atomic mass is 9.67. The second-order valence-corrected chi connectivity index (χ2v) is 12.9. The minimum absolute atomic E-state index is 0.202. The number of fused-ring (bicyclic) bond motifs is 8. The van der Waals surface area contributed by atoms with Gasteiger partial charge in [0, 0.05) is 10.9 Å². The number of nitrogens with one attached hydrogen (secondary N) is 1. The van der Waals surface area contributed by atoms with E-state index in [2.05, 4.69) is 175 Å². The van der Waals surface area contributed by atoms with Crippen molar-refractivity contribution in [3.8, 4) is 28.0 Å². The van der Waals surface area contributed by atoms with Crippen LogP contribution in [0.5, 0.6) is 5.75 Å². The highest BCUT2D eigenvalue weighted by molar-refractivity contribution is 6.13. The largest absolute Gasteiger partial charge is 0.464 e. The zero-order valence-corrected chi connectivity index (χ0v) is 26.2. The van der Waals surface area contributed by atoms with Crippen LogP contribution >= 0.6 is 0 Å². The van der Waals surface area contributed by atoms with E-state index >= 15 is 0 Å². The number of rotatable bonds is 4. The van der Waals surface area contributed by atoms with Gasteiger partial charge in [-0.3, -0.25) is 0 Å². The van der Waals surface area contributed by atoms with Crippen LogP contribution in [-0.2, 0) is 5.41 Å². The van der Waals surface area contributed by atoms with Crippen molar-refractivity contribution in [2.45, 2.75) is 11.6 Å². The summed E-state index contributed by atoms with van der Waals surface area (Å²) in [5, 5.41) is 8.31. The lowest BCUT2D eigenvalue weighted by Gasteiger charge is -2.34. The fourth-order valence-corrected chi connectivity index (χ4v) is 8.23. The summed E-state index contributed by atoms with van der Waals surface area (Å²) in [6, 6.07) is 64.0. The van der Waals surface area contributed by atoms with Gasteiger partial charge in [-0.25, -0.2) is 0 Å². The van der Waals surface area contributed by atoms with Crippen molar-refractivity contribution in [2.75, 3.05) is 5.32 Å². The summed E-state index contributed by atoms with van der Waals surface area (Å²) in [7, 11) is 0. The summed E-state index contributed by atoms with van der Waals surface area (Å²) in [6.45, 7) is 0. The van der Waals surface area contributed by atoms with Crippen molar-refractivity contribution < 1.29 is 4.74 Å². The maximum Gasteiger partial charge on any atom is 0.196 e. The summed E-state index contributed by atoms with van der Waals surface area (Å²) < 4.78 is 6.61. The molecular weight excluding hydrogens is 583 g/mol. The van der Waals surface area contributed by atoms with E-state index in [9.17, 15) is 0 Å². The van der Waals surface area contributed by atoms with Gasteiger partial charge in [0.15, 0.2) is 12.0 Å². The number of hydrogen-bond acceptors (Lipinski definition) is 2. The first kappa shape index (κ1) is 27.0. The summed E-state index contributed by atoms with van der Waals surface area (Å²) in [4.78, 5) is 0. The third kappa shape index (κ3) is 3.87. The number of benzene rings is 8. The number of anilines is 1. The predicted molar refractivity (Wildman–Crippen MR) is 198 cm³/mol. The molecule has 8 aromatic carbocycles. The first-order chi connectivity index (χ1) is 23.8. The van der Waals surface area contributed by atoms with Crippen molar-refractivity contribution in [3.05, 3.63) is 204 Å². The Morgan fingerprint density at radius 2 is 1.08 bits per heavy atom. The molecule has 0 saturated heterocycles. The van der Waals surface area contributed by atoms with E-state index in [1.165, 1.54) is 60.7 Å². The molecule has 2 heteroatoms. The average Bonchev–Trinajstić information content (AvgIpc) is 3.73. The molecule has 1 aliphatic carbocycles. The maximum absolute atomic E-state index is 6.61. The van der Waals surface area contributed by atoms with E-state index in [1.807, 2.05) is 6.07 Å². The zero-order valence-electron chi connectivity index (χ0n) is 26.2. The molecule has 226 valence electrons. The molecule has 0 radical (unpaired) electrons. The number of ether oxygens (including phenoxy) is 1. The molecule has 0 amide bonds. The van der Waals surface area contributed by atoms with E-state index in [0.717, 1.165) is 22.4 Å². The highest BCUT2D eigenvalue weighted by Gasteiger charge is 2.46. The molecule has 8 aromatic rings. The Labute approximate surface area is 279 Å². The van der Waals surface area contributed by atoms with Gasteiger partial charge in [0.25, 0.3) is 0 Å². The molecule has 48 heavy (non-hydrogen) atoms. The average molecular weight is 614 g/mol. The number of hydrogen-bond donors (Lipinski definition) is 1. The molecule has 2 aliphatic rings. The lowest BCUT2D eigenvalue weighted by Crippen LogP contribution is -2.28. The highest BCUT2D eigenvalue weighted by atomic mass is 16.5. The molecule has 0 bridgehead atoms. The smallest absolute Gasteiger partial charge is 0.196 e. The second-order valence-electron chi connectivity index (χ2n) is 12.9. The van der Waals surface area contributed by atoms with Crippen molar-refractivity contribution >= 4 is 27.2 Å². The Bertz CT molecular complexity index is 2460. The third-order valence-corrected chi connectivity index (χ3v) is 10.4. The summed E-state index contributed by atoms with van der Waals surface area (Å²) in [6.07, 6.45) is -0.202. The van der Waals surface area contributed by atoms with Crippen LogP contribution in [0.25, 0.3) is 43.8 Å². The fraction of sp³-hybridized carbons (Fsp3) is 0.0435. The minimum atomic E-state index is -0.419. The van der Waals surface area contributed by atoms with Crippen LogP contribution in [0.1, 0.15) is 34.0 Å². The Hall–Kier alpha value is -6.12. The Morgan fingerprint density at radius 1 is 0.479 bits per heavy atom. The van der Waals surface area contributed by atoms with Gasteiger partial charge in [-0.2, -0.15) is 0 Å². The van der Waals surface area contributed by atoms with E-state index < -0.39 is 5.41 Å². The van der Waals surface area contributed by atoms with Gasteiger partial charge in [0.2, 0.25) is 0 Å². The van der Waals surface area contributed by atoms with Crippen molar-refractivity contribution in [3.63, 3.8) is 0 Å². The van der Waals surface area contributed by atoms with Gasteiger partial charge in [-0.05, 0) is 78.9 Å². The van der Waals surface area contributed by atoms with Gasteiger partial charge >= 0.3 is 0 Å². The summed E-state index contributed by atoms with van der Waals surface area (Å²) in [5.74, 6) is 0.922. The van der Waals surface area contributed by atoms with Crippen molar-refractivity contribution in [2.24, 2.45) is 0 Å². The Kier molecular flexibility index (Phi) is 5.89. The normalized spacial score (nSPS) is 15.4. The molecule has 1 heterocycles. The predicted octanol–water partition coefficient (Wildman–Crippen LogP) is 11.5. The molecule has 0 fully saturated rings. The molecule has 0 aromatic heterocycles. The minimum Gasteiger partial charge on any atom is -0.464 e. The lowest BCUT2D eigenvalue weighted by molar-refractivity contribution is 0.263. The van der Waals surface area contributed by atoms with E-state index in [-0.39, 0.29) is 6.23 Å². The summed E-state index contributed by atoms with van der Waals surface area (Å²) >= 11 is 0. The van der Waals surface area contributed by atoms with Crippen LogP contribution in [0, 0.1) is 0 Å². The van der Waals surface area contributed by atoms with Crippen LogP contribution in [0.4, 0.5) is 5.69 Å². The van der Waals surface area contributed by atoms with Gasteiger partial charge in [-0.1, -0.05) is 158 Å². The third-order valence-electron chi connectivity index (χ3n) is 10.4.